The third-order valence-electron chi connectivity index (χ3n) is 4.57. The van der Waals surface area contributed by atoms with E-state index in [1.54, 1.807) is 12.4 Å². The lowest BCUT2D eigenvalue weighted by Crippen LogP contribution is -2.44. The Morgan fingerprint density at radius 3 is 2.69 bits per heavy atom. The Hall–Kier alpha value is -2.67. The molecule has 3 rings (SSSR count). The van der Waals surface area contributed by atoms with Gasteiger partial charge in [0.25, 0.3) is 0 Å². The molecule has 0 aliphatic carbocycles. The van der Waals surface area contributed by atoms with Crippen molar-refractivity contribution in [3.8, 4) is 0 Å². The van der Waals surface area contributed by atoms with E-state index in [9.17, 15) is 4.79 Å². The fraction of sp³-hybridized carbons (Fsp3) is 0.421. The van der Waals surface area contributed by atoms with E-state index < -0.39 is 0 Å². The number of anilines is 1. The van der Waals surface area contributed by atoms with E-state index >= 15 is 0 Å². The summed E-state index contributed by atoms with van der Waals surface area (Å²) in [6, 6.07) is 9.30. The number of urea groups is 1. The molecule has 2 N–H and O–H groups in total. The maximum Gasteiger partial charge on any atom is 0.315 e. The highest BCUT2D eigenvalue weighted by Crippen LogP contribution is 2.15. The van der Waals surface area contributed by atoms with Crippen molar-refractivity contribution >= 4 is 11.8 Å². The molecule has 0 aromatic carbocycles. The Balaban J connectivity index is 1.51. The van der Waals surface area contributed by atoms with E-state index in [4.69, 9.17) is 0 Å². The van der Waals surface area contributed by atoms with E-state index in [0.29, 0.717) is 6.54 Å². The van der Waals surface area contributed by atoms with Crippen molar-refractivity contribution in [2.45, 2.75) is 19.5 Å². The van der Waals surface area contributed by atoms with Gasteiger partial charge in [-0.3, -0.25) is 4.98 Å². The number of carbonyl (C=O) groups is 1. The van der Waals surface area contributed by atoms with Gasteiger partial charge in [0.05, 0.1) is 11.7 Å². The minimum Gasteiger partial charge on any atom is -0.354 e. The lowest BCUT2D eigenvalue weighted by Gasteiger charge is -2.33. The van der Waals surface area contributed by atoms with Gasteiger partial charge in [-0.25, -0.2) is 9.78 Å². The van der Waals surface area contributed by atoms with Crippen LogP contribution >= 0.6 is 0 Å². The average molecular weight is 354 g/mol. The second-order valence-electron chi connectivity index (χ2n) is 6.62. The van der Waals surface area contributed by atoms with Gasteiger partial charge in [0.1, 0.15) is 5.82 Å². The standard InChI is InChI=1S/C19H26N6O/c1-15(17-5-3-4-7-20-17)23-19(26)22-14-16-6-8-21-18(13-16)25-11-9-24(2)10-12-25/h3-8,13,15H,9-12,14H2,1-2H3,(H2,22,23,26). The van der Waals surface area contributed by atoms with E-state index in [1.165, 1.54) is 0 Å². The van der Waals surface area contributed by atoms with Crippen molar-refractivity contribution in [1.29, 1.82) is 0 Å². The zero-order valence-corrected chi connectivity index (χ0v) is 15.4. The lowest BCUT2D eigenvalue weighted by atomic mass is 10.2. The highest BCUT2D eigenvalue weighted by atomic mass is 16.2. The van der Waals surface area contributed by atoms with Crippen LogP contribution < -0.4 is 15.5 Å². The fourth-order valence-electron chi connectivity index (χ4n) is 2.92. The first kappa shape index (κ1) is 18.1. The van der Waals surface area contributed by atoms with Gasteiger partial charge in [-0.1, -0.05) is 6.07 Å². The zero-order chi connectivity index (χ0) is 18.4. The van der Waals surface area contributed by atoms with Crippen LogP contribution in [0.1, 0.15) is 24.2 Å². The molecule has 7 heteroatoms. The molecular formula is C19H26N6O. The maximum atomic E-state index is 12.1. The summed E-state index contributed by atoms with van der Waals surface area (Å²) in [6.07, 6.45) is 3.53. The van der Waals surface area contributed by atoms with Crippen LogP contribution in [0.25, 0.3) is 0 Å². The number of hydrogen-bond acceptors (Lipinski definition) is 5. The maximum absolute atomic E-state index is 12.1. The number of rotatable bonds is 5. The number of nitrogens with zero attached hydrogens (tertiary/aromatic N) is 4. The van der Waals surface area contributed by atoms with Gasteiger partial charge in [-0.2, -0.15) is 0 Å². The van der Waals surface area contributed by atoms with Crippen LogP contribution in [0.4, 0.5) is 10.6 Å². The summed E-state index contributed by atoms with van der Waals surface area (Å²) in [5.74, 6) is 0.972. The number of likely N-dealkylation sites (N-methyl/N-ethyl adjacent to an activating group) is 1. The normalized spacial score (nSPS) is 16.2. The number of hydrogen-bond donors (Lipinski definition) is 2. The van der Waals surface area contributed by atoms with Crippen LogP contribution in [-0.4, -0.2) is 54.1 Å². The second kappa shape index (κ2) is 8.62. The van der Waals surface area contributed by atoms with Crippen molar-refractivity contribution in [1.82, 2.24) is 25.5 Å². The molecule has 1 saturated heterocycles. The largest absolute Gasteiger partial charge is 0.354 e. The molecule has 1 aliphatic rings. The fourth-order valence-corrected chi connectivity index (χ4v) is 2.92. The minimum absolute atomic E-state index is 0.144. The molecule has 1 atom stereocenters. The van der Waals surface area contributed by atoms with Crippen LogP contribution in [-0.2, 0) is 6.54 Å². The van der Waals surface area contributed by atoms with E-state index in [1.807, 2.05) is 37.3 Å². The quantitative estimate of drug-likeness (QED) is 0.856. The van der Waals surface area contributed by atoms with E-state index in [2.05, 4.69) is 37.4 Å². The monoisotopic (exact) mass is 354 g/mol. The number of nitrogens with one attached hydrogen (secondary N) is 2. The number of piperazine rings is 1. The van der Waals surface area contributed by atoms with Crippen molar-refractivity contribution in [3.63, 3.8) is 0 Å². The third-order valence-corrected chi connectivity index (χ3v) is 4.57. The summed E-state index contributed by atoms with van der Waals surface area (Å²) >= 11 is 0. The molecule has 1 aliphatic heterocycles. The van der Waals surface area contributed by atoms with Gasteiger partial charge >= 0.3 is 6.03 Å². The molecule has 7 nitrogen and oxygen atoms in total. The smallest absolute Gasteiger partial charge is 0.315 e. The Labute approximate surface area is 154 Å². The molecule has 1 unspecified atom stereocenters. The van der Waals surface area contributed by atoms with Crippen LogP contribution in [0, 0.1) is 0 Å². The Morgan fingerprint density at radius 2 is 1.96 bits per heavy atom. The first-order valence-corrected chi connectivity index (χ1v) is 8.95. The van der Waals surface area contributed by atoms with Crippen LogP contribution in [0.2, 0.25) is 0 Å². The molecule has 0 radical (unpaired) electrons. The molecule has 138 valence electrons. The van der Waals surface area contributed by atoms with Crippen molar-refractivity contribution in [2.24, 2.45) is 0 Å². The summed E-state index contributed by atoms with van der Waals surface area (Å²) < 4.78 is 0. The molecule has 1 fully saturated rings. The topological polar surface area (TPSA) is 73.4 Å². The second-order valence-corrected chi connectivity index (χ2v) is 6.62. The van der Waals surface area contributed by atoms with Crippen LogP contribution in [0.3, 0.4) is 0 Å². The highest BCUT2D eigenvalue weighted by molar-refractivity contribution is 5.74. The number of aromatic nitrogens is 2. The predicted octanol–water partition coefficient (Wildman–Crippen LogP) is 1.79. The number of carbonyl (C=O) groups excluding carboxylic acids is 1. The number of amides is 2. The molecule has 0 spiro atoms. The van der Waals surface area contributed by atoms with Gasteiger partial charge in [-0.05, 0) is 43.8 Å². The molecule has 3 heterocycles. The van der Waals surface area contributed by atoms with Gasteiger partial charge < -0.3 is 20.4 Å². The van der Waals surface area contributed by atoms with Gasteiger partial charge in [0.15, 0.2) is 0 Å². The molecular weight excluding hydrogens is 328 g/mol. The molecule has 26 heavy (non-hydrogen) atoms. The molecule has 2 aromatic rings. The summed E-state index contributed by atoms with van der Waals surface area (Å²) in [5, 5.41) is 5.81. The first-order chi connectivity index (χ1) is 12.6. The average Bonchev–Trinajstić information content (AvgIpc) is 2.68. The van der Waals surface area contributed by atoms with E-state index in [-0.39, 0.29) is 12.1 Å². The first-order valence-electron chi connectivity index (χ1n) is 8.95. The Morgan fingerprint density at radius 1 is 1.15 bits per heavy atom. The van der Waals surface area contributed by atoms with Crippen molar-refractivity contribution < 1.29 is 4.79 Å². The molecule has 0 saturated carbocycles. The SMILES string of the molecule is CC(NC(=O)NCc1ccnc(N2CCN(C)CC2)c1)c1ccccn1. The molecule has 2 aromatic heterocycles. The summed E-state index contributed by atoms with van der Waals surface area (Å²) in [4.78, 5) is 25.5. The summed E-state index contributed by atoms with van der Waals surface area (Å²) in [7, 11) is 2.13. The zero-order valence-electron chi connectivity index (χ0n) is 15.4. The lowest BCUT2D eigenvalue weighted by molar-refractivity contribution is 0.237. The predicted molar refractivity (Wildman–Crippen MR) is 102 cm³/mol. The summed E-state index contributed by atoms with van der Waals surface area (Å²) in [6.45, 7) is 6.41. The third kappa shape index (κ3) is 4.92. The van der Waals surface area contributed by atoms with Crippen molar-refractivity contribution in [3.05, 3.63) is 54.0 Å². The van der Waals surface area contributed by atoms with Gasteiger partial charge in [-0.15, -0.1) is 0 Å². The molecule has 2 amide bonds. The Kier molecular flexibility index (Phi) is 6.01. The highest BCUT2D eigenvalue weighted by Gasteiger charge is 2.15. The van der Waals surface area contributed by atoms with Crippen LogP contribution in [0.5, 0.6) is 0 Å². The van der Waals surface area contributed by atoms with Gasteiger partial charge in [0, 0.05) is 45.1 Å². The van der Waals surface area contributed by atoms with E-state index in [0.717, 1.165) is 43.3 Å². The van der Waals surface area contributed by atoms with Crippen LogP contribution in [0.15, 0.2) is 42.7 Å². The van der Waals surface area contributed by atoms with Crippen molar-refractivity contribution in [2.75, 3.05) is 38.1 Å². The summed E-state index contributed by atoms with van der Waals surface area (Å²) in [5.41, 5.74) is 1.87. The minimum atomic E-state index is -0.207. The number of pyridine rings is 2. The Bertz CT molecular complexity index is 715. The molecule has 0 bridgehead atoms. The van der Waals surface area contributed by atoms with Gasteiger partial charge in [0.2, 0.25) is 0 Å².